The molecule has 0 aliphatic carbocycles. The van der Waals surface area contributed by atoms with Gasteiger partial charge in [0, 0.05) is 5.56 Å². The van der Waals surface area contributed by atoms with E-state index in [1.54, 1.807) is 0 Å². The van der Waals surface area contributed by atoms with E-state index in [0.29, 0.717) is 18.4 Å². The predicted octanol–water partition coefficient (Wildman–Crippen LogP) is 7.44. The van der Waals surface area contributed by atoms with Crippen LogP contribution in [0.5, 0.6) is 5.75 Å². The molecular formula is C24H28O2S2. The van der Waals surface area contributed by atoms with Crippen molar-refractivity contribution in [3.05, 3.63) is 62.9 Å². The Balaban J connectivity index is 2.09. The van der Waals surface area contributed by atoms with Crippen molar-refractivity contribution < 1.29 is 4.74 Å². The van der Waals surface area contributed by atoms with Crippen LogP contribution in [0.1, 0.15) is 52.0 Å². The molecule has 0 spiro atoms. The summed E-state index contributed by atoms with van der Waals surface area (Å²) in [7, 11) is 0. The van der Waals surface area contributed by atoms with Gasteiger partial charge in [0.25, 0.3) is 4.06 Å². The fourth-order valence-corrected chi connectivity index (χ4v) is 5.22. The Hall–Kier alpha value is -1.91. The Morgan fingerprint density at radius 2 is 1.68 bits per heavy atom. The Labute approximate surface area is 175 Å². The summed E-state index contributed by atoms with van der Waals surface area (Å²) in [5.74, 6) is 1.94. The van der Waals surface area contributed by atoms with Gasteiger partial charge in [0.05, 0.1) is 16.4 Å². The van der Waals surface area contributed by atoms with Gasteiger partial charge in [-0.2, -0.15) is 0 Å². The SMILES string of the molecule is CCC(C)c1ccc(OCCC(C)C)c(-c2sc(=O)sc2-c2ccccc2)c1. The second-order valence-electron chi connectivity index (χ2n) is 7.57. The molecule has 0 aliphatic rings. The van der Waals surface area contributed by atoms with Crippen molar-refractivity contribution in [2.24, 2.45) is 5.92 Å². The van der Waals surface area contributed by atoms with E-state index in [1.165, 1.54) is 28.2 Å². The van der Waals surface area contributed by atoms with Crippen LogP contribution < -0.4 is 8.79 Å². The van der Waals surface area contributed by atoms with E-state index in [-0.39, 0.29) is 4.06 Å². The van der Waals surface area contributed by atoms with Crippen LogP contribution >= 0.6 is 22.7 Å². The standard InChI is InChI=1S/C24H28O2S2/c1-5-17(4)19-11-12-21(26-14-13-16(2)3)20(15-19)23-22(27-24(25)28-23)18-9-7-6-8-10-18/h6-12,15-17H,5,13-14H2,1-4H3. The fourth-order valence-electron chi connectivity index (χ4n) is 3.03. The van der Waals surface area contributed by atoms with Crippen molar-refractivity contribution in [2.75, 3.05) is 6.61 Å². The number of rotatable bonds is 8. The average molecular weight is 413 g/mol. The van der Waals surface area contributed by atoms with Gasteiger partial charge in [-0.1, -0.05) is 86.8 Å². The molecule has 0 amide bonds. The molecule has 0 radical (unpaired) electrons. The monoisotopic (exact) mass is 412 g/mol. The van der Waals surface area contributed by atoms with Gasteiger partial charge >= 0.3 is 0 Å². The second kappa shape index (κ2) is 9.53. The van der Waals surface area contributed by atoms with Gasteiger partial charge in [-0.15, -0.1) is 0 Å². The van der Waals surface area contributed by atoms with Crippen molar-refractivity contribution in [2.45, 2.75) is 46.5 Å². The van der Waals surface area contributed by atoms with E-state index < -0.39 is 0 Å². The van der Waals surface area contributed by atoms with Gasteiger partial charge < -0.3 is 4.74 Å². The molecule has 0 saturated heterocycles. The van der Waals surface area contributed by atoms with E-state index >= 15 is 0 Å². The Morgan fingerprint density at radius 3 is 2.36 bits per heavy atom. The summed E-state index contributed by atoms with van der Waals surface area (Å²) >= 11 is 2.65. The average Bonchev–Trinajstić information content (AvgIpc) is 3.09. The minimum atomic E-state index is 0.121. The Morgan fingerprint density at radius 1 is 0.964 bits per heavy atom. The first-order valence-corrected chi connectivity index (χ1v) is 11.6. The first kappa shape index (κ1) is 20.8. The zero-order valence-corrected chi connectivity index (χ0v) is 18.7. The van der Waals surface area contributed by atoms with Crippen LogP contribution in [0, 0.1) is 5.92 Å². The number of ether oxygens (including phenoxy) is 1. The van der Waals surface area contributed by atoms with Crippen LogP contribution in [0.15, 0.2) is 53.3 Å². The highest BCUT2D eigenvalue weighted by Gasteiger charge is 2.18. The van der Waals surface area contributed by atoms with Crippen molar-refractivity contribution in [3.63, 3.8) is 0 Å². The van der Waals surface area contributed by atoms with Gasteiger partial charge in [0.1, 0.15) is 5.75 Å². The van der Waals surface area contributed by atoms with E-state index in [9.17, 15) is 4.79 Å². The van der Waals surface area contributed by atoms with Gasteiger partial charge in [-0.05, 0) is 47.9 Å². The third-order valence-electron chi connectivity index (χ3n) is 5.00. The molecule has 148 valence electrons. The van der Waals surface area contributed by atoms with Crippen LogP contribution in [0.2, 0.25) is 0 Å². The minimum Gasteiger partial charge on any atom is -0.493 e. The third-order valence-corrected chi connectivity index (χ3v) is 7.23. The van der Waals surface area contributed by atoms with Crippen LogP contribution in [-0.2, 0) is 0 Å². The Bertz CT molecular complexity index is 954. The summed E-state index contributed by atoms with van der Waals surface area (Å²) in [6.45, 7) is 9.54. The molecule has 0 bridgehead atoms. The summed E-state index contributed by atoms with van der Waals surface area (Å²) in [4.78, 5) is 14.4. The van der Waals surface area contributed by atoms with E-state index in [4.69, 9.17) is 4.74 Å². The molecule has 2 aromatic carbocycles. The second-order valence-corrected chi connectivity index (χ2v) is 9.80. The summed E-state index contributed by atoms with van der Waals surface area (Å²) in [5.41, 5.74) is 3.42. The topological polar surface area (TPSA) is 26.3 Å². The summed E-state index contributed by atoms with van der Waals surface area (Å²) < 4.78 is 6.30. The number of hydrogen-bond donors (Lipinski definition) is 0. The van der Waals surface area contributed by atoms with Crippen molar-refractivity contribution >= 4 is 22.7 Å². The van der Waals surface area contributed by atoms with Crippen LogP contribution in [0.3, 0.4) is 0 Å². The maximum absolute atomic E-state index is 12.3. The quantitative estimate of drug-likeness (QED) is 0.384. The summed E-state index contributed by atoms with van der Waals surface area (Å²) in [6.07, 6.45) is 2.09. The molecular weight excluding hydrogens is 384 g/mol. The zero-order valence-electron chi connectivity index (χ0n) is 17.0. The predicted molar refractivity (Wildman–Crippen MR) is 123 cm³/mol. The largest absolute Gasteiger partial charge is 0.493 e. The van der Waals surface area contributed by atoms with Gasteiger partial charge in [-0.25, -0.2) is 0 Å². The highest BCUT2D eigenvalue weighted by atomic mass is 32.2. The molecule has 0 fully saturated rings. The van der Waals surface area contributed by atoms with E-state index in [2.05, 4.69) is 58.0 Å². The minimum absolute atomic E-state index is 0.121. The van der Waals surface area contributed by atoms with Crippen molar-refractivity contribution in [1.29, 1.82) is 0 Å². The highest BCUT2D eigenvalue weighted by Crippen LogP contribution is 2.43. The van der Waals surface area contributed by atoms with Gasteiger partial charge in [0.15, 0.2) is 0 Å². The maximum Gasteiger partial charge on any atom is 0.288 e. The number of hydrogen-bond acceptors (Lipinski definition) is 4. The molecule has 1 heterocycles. The molecule has 1 atom stereocenters. The molecule has 0 N–H and O–H groups in total. The van der Waals surface area contributed by atoms with Gasteiger partial charge in [0.2, 0.25) is 0 Å². The molecule has 0 saturated carbocycles. The molecule has 2 nitrogen and oxygen atoms in total. The van der Waals surface area contributed by atoms with Gasteiger partial charge in [-0.3, -0.25) is 4.79 Å². The molecule has 1 aromatic heterocycles. The third kappa shape index (κ3) is 4.92. The van der Waals surface area contributed by atoms with E-state index in [1.807, 2.05) is 18.2 Å². The lowest BCUT2D eigenvalue weighted by Gasteiger charge is -2.16. The molecule has 1 unspecified atom stereocenters. The normalized spacial score (nSPS) is 12.3. The molecule has 28 heavy (non-hydrogen) atoms. The lowest BCUT2D eigenvalue weighted by molar-refractivity contribution is 0.290. The summed E-state index contributed by atoms with van der Waals surface area (Å²) in [5, 5.41) is 0. The number of benzene rings is 2. The Kier molecular flexibility index (Phi) is 7.08. The first-order valence-electron chi connectivity index (χ1n) is 9.96. The highest BCUT2D eigenvalue weighted by molar-refractivity contribution is 7.32. The zero-order chi connectivity index (χ0) is 20.1. The van der Waals surface area contributed by atoms with Crippen LogP contribution in [-0.4, -0.2) is 6.61 Å². The molecule has 0 aliphatic heterocycles. The smallest absolute Gasteiger partial charge is 0.288 e. The maximum atomic E-state index is 12.3. The first-order chi connectivity index (χ1) is 13.5. The lowest BCUT2D eigenvalue weighted by Crippen LogP contribution is -2.03. The van der Waals surface area contributed by atoms with Crippen molar-refractivity contribution in [1.82, 2.24) is 0 Å². The summed E-state index contributed by atoms with van der Waals surface area (Å²) in [6, 6.07) is 16.7. The lowest BCUT2D eigenvalue weighted by atomic mass is 9.95. The van der Waals surface area contributed by atoms with E-state index in [0.717, 1.165) is 39.5 Å². The van der Waals surface area contributed by atoms with Crippen LogP contribution in [0.4, 0.5) is 0 Å². The molecule has 3 aromatic rings. The van der Waals surface area contributed by atoms with Crippen molar-refractivity contribution in [3.8, 4) is 26.6 Å². The molecule has 3 rings (SSSR count). The molecule has 4 heteroatoms. The van der Waals surface area contributed by atoms with Crippen LogP contribution in [0.25, 0.3) is 20.9 Å². The fraction of sp³-hybridized carbons (Fsp3) is 0.375.